The van der Waals surface area contributed by atoms with Crippen molar-refractivity contribution in [3.05, 3.63) is 0 Å². The largest absolute Gasteiger partial charge is 0.396 e. The van der Waals surface area contributed by atoms with Gasteiger partial charge in [0.05, 0.1) is 6.10 Å². The second-order valence-corrected chi connectivity index (χ2v) is 3.64. The van der Waals surface area contributed by atoms with Gasteiger partial charge in [0, 0.05) is 18.8 Å². The molecule has 0 spiro atoms. The van der Waals surface area contributed by atoms with E-state index in [1.54, 1.807) is 0 Å². The monoisotopic (exact) mass is 173 g/mol. The third kappa shape index (κ3) is 2.19. The van der Waals surface area contributed by atoms with Crippen LogP contribution >= 0.6 is 0 Å². The molecule has 1 heterocycles. The van der Waals surface area contributed by atoms with E-state index >= 15 is 0 Å². The predicted octanol–water partition coefficient (Wildman–Crippen LogP) is 0.526. The predicted molar refractivity (Wildman–Crippen MR) is 48.1 cm³/mol. The highest BCUT2D eigenvalue weighted by Gasteiger charge is 2.33. The Morgan fingerprint density at radius 1 is 1.67 bits per heavy atom. The Morgan fingerprint density at radius 2 is 2.42 bits per heavy atom. The molecule has 0 amide bonds. The molecule has 0 aromatic carbocycles. The second-order valence-electron chi connectivity index (χ2n) is 3.64. The van der Waals surface area contributed by atoms with Crippen LogP contribution in [0.25, 0.3) is 0 Å². The van der Waals surface area contributed by atoms with Crippen LogP contribution in [0.3, 0.4) is 0 Å². The summed E-state index contributed by atoms with van der Waals surface area (Å²) in [4.78, 5) is 0. The quantitative estimate of drug-likeness (QED) is 0.654. The maximum absolute atomic E-state index is 8.92. The van der Waals surface area contributed by atoms with Crippen molar-refractivity contribution in [1.82, 2.24) is 5.32 Å². The first-order valence-corrected chi connectivity index (χ1v) is 4.64. The van der Waals surface area contributed by atoms with Crippen LogP contribution in [0.15, 0.2) is 0 Å². The molecular weight excluding hydrogens is 154 g/mol. The Bertz CT molecular complexity index is 136. The van der Waals surface area contributed by atoms with Gasteiger partial charge in [-0.2, -0.15) is 0 Å². The van der Waals surface area contributed by atoms with Gasteiger partial charge in [0.15, 0.2) is 0 Å². The van der Waals surface area contributed by atoms with Crippen LogP contribution in [0.4, 0.5) is 0 Å². The van der Waals surface area contributed by atoms with E-state index in [1.165, 1.54) is 0 Å². The van der Waals surface area contributed by atoms with Gasteiger partial charge in [0.2, 0.25) is 0 Å². The summed E-state index contributed by atoms with van der Waals surface area (Å²) in [6.45, 7) is 3.15. The second kappa shape index (κ2) is 4.21. The lowest BCUT2D eigenvalue weighted by Crippen LogP contribution is -2.50. The van der Waals surface area contributed by atoms with Crippen LogP contribution in [-0.2, 0) is 4.74 Å². The number of aliphatic hydroxyl groups excluding tert-OH is 1. The Labute approximate surface area is 74.1 Å². The van der Waals surface area contributed by atoms with Crippen molar-refractivity contribution in [3.63, 3.8) is 0 Å². The normalized spacial score (nSPS) is 36.8. The van der Waals surface area contributed by atoms with Gasteiger partial charge >= 0.3 is 0 Å². The zero-order valence-electron chi connectivity index (χ0n) is 7.97. The molecule has 2 atom stereocenters. The van der Waals surface area contributed by atoms with Gasteiger partial charge in [-0.1, -0.05) is 0 Å². The van der Waals surface area contributed by atoms with E-state index in [9.17, 15) is 0 Å². The average Bonchev–Trinajstić information content (AvgIpc) is 2.05. The standard InChI is InChI=1S/C9H19NO2/c1-8-7-9(10-2,3-5-11)4-6-12-8/h8,10-11H,3-7H2,1-2H3. The Hall–Kier alpha value is -0.120. The van der Waals surface area contributed by atoms with Crippen molar-refractivity contribution < 1.29 is 9.84 Å². The molecule has 0 radical (unpaired) electrons. The summed E-state index contributed by atoms with van der Waals surface area (Å²) < 4.78 is 5.46. The average molecular weight is 173 g/mol. The molecule has 0 bridgehead atoms. The minimum absolute atomic E-state index is 0.117. The van der Waals surface area contributed by atoms with Gasteiger partial charge in [0.1, 0.15) is 0 Å². The van der Waals surface area contributed by atoms with Crippen molar-refractivity contribution in [3.8, 4) is 0 Å². The van der Waals surface area contributed by atoms with Gasteiger partial charge in [-0.15, -0.1) is 0 Å². The highest BCUT2D eigenvalue weighted by atomic mass is 16.5. The third-order valence-corrected chi connectivity index (χ3v) is 2.78. The maximum Gasteiger partial charge on any atom is 0.0564 e. The lowest BCUT2D eigenvalue weighted by molar-refractivity contribution is -0.0231. The van der Waals surface area contributed by atoms with Gasteiger partial charge < -0.3 is 15.2 Å². The van der Waals surface area contributed by atoms with Crippen molar-refractivity contribution in [2.75, 3.05) is 20.3 Å². The third-order valence-electron chi connectivity index (χ3n) is 2.78. The number of nitrogens with one attached hydrogen (secondary N) is 1. The maximum atomic E-state index is 8.92. The van der Waals surface area contributed by atoms with Crippen LogP contribution in [0, 0.1) is 0 Å². The molecule has 3 nitrogen and oxygen atoms in total. The number of hydrogen-bond acceptors (Lipinski definition) is 3. The van der Waals surface area contributed by atoms with Crippen LogP contribution in [0.1, 0.15) is 26.2 Å². The fourth-order valence-electron chi connectivity index (χ4n) is 1.96. The minimum atomic E-state index is 0.117. The molecule has 1 rings (SSSR count). The summed E-state index contributed by atoms with van der Waals surface area (Å²) >= 11 is 0. The fraction of sp³-hybridized carbons (Fsp3) is 1.00. The van der Waals surface area contributed by atoms with Crippen LogP contribution in [0.5, 0.6) is 0 Å². The summed E-state index contributed by atoms with van der Waals surface area (Å²) in [5.74, 6) is 0. The summed E-state index contributed by atoms with van der Waals surface area (Å²) in [6, 6.07) is 0. The van der Waals surface area contributed by atoms with Crippen molar-refractivity contribution in [2.24, 2.45) is 0 Å². The van der Waals surface area contributed by atoms with Gasteiger partial charge in [-0.25, -0.2) is 0 Å². The molecule has 3 heteroatoms. The molecule has 0 aromatic heterocycles. The summed E-state index contributed by atoms with van der Waals surface area (Å²) in [6.07, 6.45) is 3.16. The summed E-state index contributed by atoms with van der Waals surface area (Å²) in [5.41, 5.74) is 0.117. The van der Waals surface area contributed by atoms with E-state index in [0.717, 1.165) is 25.9 Å². The minimum Gasteiger partial charge on any atom is -0.396 e. The van der Waals surface area contributed by atoms with Crippen molar-refractivity contribution >= 4 is 0 Å². The zero-order chi connectivity index (χ0) is 9.03. The Balaban J connectivity index is 2.51. The molecule has 1 fully saturated rings. The topological polar surface area (TPSA) is 41.5 Å². The van der Waals surface area contributed by atoms with E-state index in [2.05, 4.69) is 12.2 Å². The first kappa shape index (κ1) is 9.96. The molecule has 0 aromatic rings. The SMILES string of the molecule is CNC1(CCO)CCOC(C)C1. The number of hydrogen-bond donors (Lipinski definition) is 2. The molecule has 2 N–H and O–H groups in total. The van der Waals surface area contributed by atoms with Gasteiger partial charge in [-0.3, -0.25) is 0 Å². The molecule has 0 aliphatic carbocycles. The van der Waals surface area contributed by atoms with Crippen molar-refractivity contribution in [1.29, 1.82) is 0 Å². The molecule has 72 valence electrons. The Kier molecular flexibility index (Phi) is 3.50. The van der Waals surface area contributed by atoms with Crippen LogP contribution in [-0.4, -0.2) is 37.0 Å². The van der Waals surface area contributed by atoms with Gasteiger partial charge in [0.25, 0.3) is 0 Å². The van der Waals surface area contributed by atoms with E-state index < -0.39 is 0 Å². The highest BCUT2D eigenvalue weighted by molar-refractivity contribution is 4.90. The first-order valence-electron chi connectivity index (χ1n) is 4.64. The van der Waals surface area contributed by atoms with Crippen LogP contribution < -0.4 is 5.32 Å². The Morgan fingerprint density at radius 3 is 2.92 bits per heavy atom. The summed E-state index contributed by atoms with van der Waals surface area (Å²) in [7, 11) is 1.97. The van der Waals surface area contributed by atoms with Crippen molar-refractivity contribution in [2.45, 2.75) is 37.8 Å². The molecule has 1 aliphatic heterocycles. The molecule has 2 unspecified atom stereocenters. The lowest BCUT2D eigenvalue weighted by Gasteiger charge is -2.39. The molecule has 1 saturated heterocycles. The zero-order valence-corrected chi connectivity index (χ0v) is 7.97. The van der Waals surface area contributed by atoms with E-state index in [0.29, 0.717) is 6.10 Å². The number of aliphatic hydroxyl groups is 1. The summed E-state index contributed by atoms with van der Waals surface area (Å²) in [5, 5.41) is 12.2. The van der Waals surface area contributed by atoms with E-state index in [-0.39, 0.29) is 12.1 Å². The molecule has 1 aliphatic rings. The van der Waals surface area contributed by atoms with Gasteiger partial charge in [-0.05, 0) is 33.2 Å². The van der Waals surface area contributed by atoms with E-state index in [1.807, 2.05) is 7.05 Å². The first-order chi connectivity index (χ1) is 5.72. The smallest absolute Gasteiger partial charge is 0.0564 e. The molecule has 0 saturated carbocycles. The highest BCUT2D eigenvalue weighted by Crippen LogP contribution is 2.27. The number of rotatable bonds is 3. The lowest BCUT2D eigenvalue weighted by atomic mass is 9.84. The molecular formula is C9H19NO2. The van der Waals surface area contributed by atoms with E-state index in [4.69, 9.17) is 9.84 Å². The molecule has 12 heavy (non-hydrogen) atoms. The fourth-order valence-corrected chi connectivity index (χ4v) is 1.96. The number of ether oxygens (including phenoxy) is 1. The van der Waals surface area contributed by atoms with Crippen LogP contribution in [0.2, 0.25) is 0 Å².